The first-order chi connectivity index (χ1) is 15.6. The van der Waals surface area contributed by atoms with Gasteiger partial charge in [0.05, 0.1) is 19.4 Å². The van der Waals surface area contributed by atoms with Crippen LogP contribution >= 0.6 is 12.2 Å². The first-order valence-corrected chi connectivity index (χ1v) is 10.4. The van der Waals surface area contributed by atoms with Gasteiger partial charge in [-0.1, -0.05) is 12.1 Å². The van der Waals surface area contributed by atoms with Gasteiger partial charge in [0.1, 0.15) is 41.1 Å². The molecule has 8 heteroatoms. The second-order valence-electron chi connectivity index (χ2n) is 6.80. The lowest BCUT2D eigenvalue weighted by atomic mass is 10.2. The van der Waals surface area contributed by atoms with Gasteiger partial charge in [-0.25, -0.2) is 4.90 Å². The fourth-order valence-electron chi connectivity index (χ4n) is 3.19. The molecule has 1 aliphatic heterocycles. The Bertz CT molecular complexity index is 1150. The number of hydrogen-bond acceptors (Lipinski definition) is 6. The Hall–Kier alpha value is -3.78. The van der Waals surface area contributed by atoms with Crippen LogP contribution in [0, 0.1) is 0 Å². The highest BCUT2D eigenvalue weighted by Gasteiger charge is 2.34. The maximum absolute atomic E-state index is 13.0. The second kappa shape index (κ2) is 9.57. The predicted molar refractivity (Wildman–Crippen MR) is 125 cm³/mol. The molecule has 0 radical (unpaired) electrons. The molecule has 1 fully saturated rings. The molecule has 2 aromatic carbocycles. The van der Waals surface area contributed by atoms with Gasteiger partial charge in [-0.3, -0.25) is 4.79 Å². The van der Waals surface area contributed by atoms with Crippen LogP contribution in [0.25, 0.3) is 6.08 Å². The van der Waals surface area contributed by atoms with E-state index in [9.17, 15) is 4.79 Å². The summed E-state index contributed by atoms with van der Waals surface area (Å²) in [5.41, 5.74) is 0.909. The Kier molecular flexibility index (Phi) is 6.42. The minimum atomic E-state index is -0.283. The molecule has 32 heavy (non-hydrogen) atoms. The molecule has 2 heterocycles. The van der Waals surface area contributed by atoms with E-state index >= 15 is 0 Å². The van der Waals surface area contributed by atoms with Gasteiger partial charge < -0.3 is 23.9 Å². The fraction of sp³-hybridized carbons (Fsp3) is 0.167. The third-order valence-corrected chi connectivity index (χ3v) is 4.98. The van der Waals surface area contributed by atoms with E-state index in [0.717, 1.165) is 5.75 Å². The molecular weight excluding hydrogens is 428 g/mol. The van der Waals surface area contributed by atoms with Crippen molar-refractivity contribution in [2.24, 2.45) is 0 Å². The number of rotatable bonds is 8. The van der Waals surface area contributed by atoms with E-state index in [-0.39, 0.29) is 17.6 Å². The van der Waals surface area contributed by atoms with Gasteiger partial charge in [-0.2, -0.15) is 0 Å². The number of anilines is 1. The summed E-state index contributed by atoms with van der Waals surface area (Å²) in [6, 6.07) is 18.1. The number of hydrogen-bond donors (Lipinski definition) is 1. The van der Waals surface area contributed by atoms with Crippen LogP contribution in [0.3, 0.4) is 0 Å². The summed E-state index contributed by atoms with van der Waals surface area (Å²) in [6.45, 7) is 2.62. The zero-order valence-corrected chi connectivity index (χ0v) is 18.5. The maximum atomic E-state index is 13.0. The van der Waals surface area contributed by atoms with Crippen LogP contribution in [0.2, 0.25) is 0 Å². The lowest BCUT2D eigenvalue weighted by Gasteiger charge is -2.17. The van der Waals surface area contributed by atoms with Crippen molar-refractivity contribution in [2.45, 2.75) is 13.5 Å². The smallest absolute Gasteiger partial charge is 0.281 e. The van der Waals surface area contributed by atoms with E-state index in [0.29, 0.717) is 41.0 Å². The Labute approximate surface area is 191 Å². The number of para-hydroxylation sites is 2. The van der Waals surface area contributed by atoms with Gasteiger partial charge in [0.25, 0.3) is 5.91 Å². The summed E-state index contributed by atoms with van der Waals surface area (Å²) in [6.07, 6.45) is 1.62. The molecule has 0 aliphatic carbocycles. The highest BCUT2D eigenvalue weighted by Crippen LogP contribution is 2.31. The third-order valence-electron chi connectivity index (χ3n) is 4.69. The molecule has 3 aromatic rings. The standard InChI is InChI=1S/C24H22N2O5S/c1-3-29-22-7-5-4-6-21(22)26-23(27)20(25-24(26)32)14-18-12-13-19(31-18)15-30-17-10-8-16(28-2)9-11-17/h4-14H,3,15H2,1-2H3,(H,25,32)/b20-14+. The predicted octanol–water partition coefficient (Wildman–Crippen LogP) is 4.53. The van der Waals surface area contributed by atoms with Crippen molar-refractivity contribution in [3.63, 3.8) is 0 Å². The molecule has 7 nitrogen and oxygen atoms in total. The number of nitrogens with one attached hydrogen (secondary N) is 1. The summed E-state index contributed by atoms with van der Waals surface area (Å²) in [4.78, 5) is 14.4. The van der Waals surface area contributed by atoms with Gasteiger partial charge in [-0.15, -0.1) is 0 Å². The molecule has 1 N–H and O–H groups in total. The maximum Gasteiger partial charge on any atom is 0.281 e. The highest BCUT2D eigenvalue weighted by atomic mass is 32.1. The molecule has 0 unspecified atom stereocenters. The summed E-state index contributed by atoms with van der Waals surface area (Å²) < 4.78 is 22.3. The molecule has 4 rings (SSSR count). The number of carbonyl (C=O) groups excluding carboxylic acids is 1. The summed E-state index contributed by atoms with van der Waals surface area (Å²) in [5, 5.41) is 3.24. The van der Waals surface area contributed by atoms with E-state index in [4.69, 9.17) is 30.8 Å². The van der Waals surface area contributed by atoms with Crippen molar-refractivity contribution in [1.82, 2.24) is 5.32 Å². The molecule has 0 bridgehead atoms. The van der Waals surface area contributed by atoms with Crippen molar-refractivity contribution in [2.75, 3.05) is 18.6 Å². The number of ether oxygens (including phenoxy) is 3. The molecule has 0 spiro atoms. The first kappa shape index (κ1) is 21.5. The van der Waals surface area contributed by atoms with E-state index in [1.165, 1.54) is 4.90 Å². The monoisotopic (exact) mass is 450 g/mol. The second-order valence-corrected chi connectivity index (χ2v) is 7.18. The number of benzene rings is 2. The van der Waals surface area contributed by atoms with E-state index in [2.05, 4.69) is 5.32 Å². The van der Waals surface area contributed by atoms with Gasteiger partial charge in [0.2, 0.25) is 0 Å². The van der Waals surface area contributed by atoms with Crippen molar-refractivity contribution in [1.29, 1.82) is 0 Å². The molecule has 1 aliphatic rings. The fourth-order valence-corrected chi connectivity index (χ4v) is 3.48. The SMILES string of the molecule is CCOc1ccccc1N1C(=O)/C(=C\c2ccc(COc3ccc(OC)cc3)o2)NC1=S. The number of carbonyl (C=O) groups is 1. The Morgan fingerprint density at radius 3 is 2.53 bits per heavy atom. The van der Waals surface area contributed by atoms with Gasteiger partial charge in [0, 0.05) is 6.08 Å². The number of nitrogens with zero attached hydrogens (tertiary/aromatic N) is 1. The lowest BCUT2D eigenvalue weighted by Crippen LogP contribution is -2.30. The van der Waals surface area contributed by atoms with Crippen LogP contribution in [-0.2, 0) is 11.4 Å². The molecule has 1 amide bonds. The number of thiocarbonyl (C=S) groups is 1. The average molecular weight is 451 g/mol. The number of amides is 1. The third kappa shape index (κ3) is 4.60. The summed E-state index contributed by atoms with van der Waals surface area (Å²) in [5.74, 6) is 2.90. The lowest BCUT2D eigenvalue weighted by molar-refractivity contribution is -0.113. The molecule has 164 valence electrons. The van der Waals surface area contributed by atoms with Gasteiger partial charge >= 0.3 is 0 Å². The Morgan fingerprint density at radius 1 is 1.03 bits per heavy atom. The highest BCUT2D eigenvalue weighted by molar-refractivity contribution is 7.80. The zero-order chi connectivity index (χ0) is 22.5. The quantitative estimate of drug-likeness (QED) is 0.399. The van der Waals surface area contributed by atoms with E-state index in [1.807, 2.05) is 43.3 Å². The van der Waals surface area contributed by atoms with Crippen molar-refractivity contribution in [3.8, 4) is 17.2 Å². The summed E-state index contributed by atoms with van der Waals surface area (Å²) in [7, 11) is 1.61. The van der Waals surface area contributed by atoms with Gasteiger partial charge in [0.15, 0.2) is 5.11 Å². The van der Waals surface area contributed by atoms with Crippen molar-refractivity contribution in [3.05, 3.63) is 77.9 Å². The van der Waals surface area contributed by atoms with Crippen molar-refractivity contribution >= 4 is 35.0 Å². The average Bonchev–Trinajstić information content (AvgIpc) is 3.37. The number of methoxy groups -OCH3 is 1. The normalized spacial score (nSPS) is 14.6. The van der Waals surface area contributed by atoms with Crippen LogP contribution in [0.5, 0.6) is 17.2 Å². The summed E-state index contributed by atoms with van der Waals surface area (Å²) >= 11 is 5.39. The van der Waals surface area contributed by atoms with Crippen LogP contribution in [0.1, 0.15) is 18.4 Å². The topological polar surface area (TPSA) is 73.2 Å². The Balaban J connectivity index is 1.46. The van der Waals surface area contributed by atoms with Gasteiger partial charge in [-0.05, 0) is 67.7 Å². The molecule has 1 aromatic heterocycles. The zero-order valence-electron chi connectivity index (χ0n) is 17.7. The molecule has 1 saturated heterocycles. The molecule has 0 atom stereocenters. The molecular formula is C24H22N2O5S. The van der Waals surface area contributed by atoms with Crippen LogP contribution in [-0.4, -0.2) is 24.7 Å². The largest absolute Gasteiger partial charge is 0.497 e. The Morgan fingerprint density at radius 2 is 1.78 bits per heavy atom. The van der Waals surface area contributed by atoms with Crippen LogP contribution < -0.4 is 24.4 Å². The number of furan rings is 1. The van der Waals surface area contributed by atoms with Crippen LogP contribution in [0.15, 0.2) is 70.8 Å². The van der Waals surface area contributed by atoms with Crippen molar-refractivity contribution < 1.29 is 23.4 Å². The minimum Gasteiger partial charge on any atom is -0.497 e. The molecule has 0 saturated carbocycles. The van der Waals surface area contributed by atoms with E-state index in [1.54, 1.807) is 37.5 Å². The minimum absolute atomic E-state index is 0.253. The van der Waals surface area contributed by atoms with E-state index < -0.39 is 0 Å². The first-order valence-electron chi connectivity index (χ1n) is 10.0. The van der Waals surface area contributed by atoms with Crippen LogP contribution in [0.4, 0.5) is 5.69 Å².